The fraction of sp³-hybridized carbons (Fsp3) is 0.471. The van der Waals surface area contributed by atoms with E-state index in [1.807, 2.05) is 12.1 Å². The number of thiazole rings is 1. The van der Waals surface area contributed by atoms with Gasteiger partial charge in [-0.1, -0.05) is 0 Å². The van der Waals surface area contributed by atoms with E-state index in [0.29, 0.717) is 6.04 Å². The van der Waals surface area contributed by atoms with Crippen LogP contribution in [0.2, 0.25) is 0 Å². The van der Waals surface area contributed by atoms with Crippen molar-refractivity contribution in [3.63, 3.8) is 0 Å². The molecule has 4 nitrogen and oxygen atoms in total. The van der Waals surface area contributed by atoms with Crippen molar-refractivity contribution in [1.82, 2.24) is 15.2 Å². The maximum atomic E-state index is 5.20. The van der Waals surface area contributed by atoms with Gasteiger partial charge in [0.05, 0.1) is 12.8 Å². The molecule has 2 heterocycles. The number of hydrogen-bond acceptors (Lipinski definition) is 5. The average Bonchev–Trinajstić information content (AvgIpc) is 3.03. The van der Waals surface area contributed by atoms with Gasteiger partial charge in [0.1, 0.15) is 10.8 Å². The van der Waals surface area contributed by atoms with Gasteiger partial charge in [-0.05, 0) is 50.7 Å². The molecule has 1 N–H and O–H groups in total. The Bertz CT molecular complexity index is 596. The first-order chi connectivity index (χ1) is 10.8. The largest absolute Gasteiger partial charge is 0.497 e. The van der Waals surface area contributed by atoms with E-state index in [9.17, 15) is 0 Å². The molecule has 1 atom stereocenters. The molecule has 0 radical (unpaired) electrons. The quantitative estimate of drug-likeness (QED) is 0.920. The van der Waals surface area contributed by atoms with Gasteiger partial charge >= 0.3 is 0 Å². The number of likely N-dealkylation sites (N-methyl/N-ethyl adjacent to an activating group) is 1. The highest BCUT2D eigenvalue weighted by molar-refractivity contribution is 7.13. The standard InChI is InChI=1S/C17H23N3OS/c1-18-14-4-3-9-20(10-14)11-15-12-22-17(19-15)13-5-7-16(21-2)8-6-13/h5-8,12,14,18H,3-4,9-11H2,1-2H3. The van der Waals surface area contributed by atoms with Crippen LogP contribution in [-0.2, 0) is 6.54 Å². The predicted molar refractivity (Wildman–Crippen MR) is 91.5 cm³/mol. The van der Waals surface area contributed by atoms with Crippen LogP contribution in [-0.4, -0.2) is 43.2 Å². The Morgan fingerprint density at radius 2 is 2.18 bits per heavy atom. The zero-order valence-electron chi connectivity index (χ0n) is 13.2. The predicted octanol–water partition coefficient (Wildman–Crippen LogP) is 3.00. The first-order valence-electron chi connectivity index (χ1n) is 7.77. The average molecular weight is 317 g/mol. The summed E-state index contributed by atoms with van der Waals surface area (Å²) < 4.78 is 5.20. The molecule has 0 aliphatic carbocycles. The molecule has 0 amide bonds. The molecule has 1 aromatic carbocycles. The zero-order valence-corrected chi connectivity index (χ0v) is 14.0. The van der Waals surface area contributed by atoms with E-state index < -0.39 is 0 Å². The molecule has 118 valence electrons. The molecule has 5 heteroatoms. The molecule has 1 aromatic heterocycles. The summed E-state index contributed by atoms with van der Waals surface area (Å²) >= 11 is 1.72. The lowest BCUT2D eigenvalue weighted by atomic mass is 10.1. The molecule has 22 heavy (non-hydrogen) atoms. The van der Waals surface area contributed by atoms with E-state index in [4.69, 9.17) is 9.72 Å². The van der Waals surface area contributed by atoms with Gasteiger partial charge in [-0.3, -0.25) is 4.90 Å². The second-order valence-electron chi connectivity index (χ2n) is 5.74. The highest BCUT2D eigenvalue weighted by atomic mass is 32.1. The van der Waals surface area contributed by atoms with Crippen molar-refractivity contribution < 1.29 is 4.74 Å². The Morgan fingerprint density at radius 1 is 1.36 bits per heavy atom. The first-order valence-corrected chi connectivity index (χ1v) is 8.65. The van der Waals surface area contributed by atoms with Gasteiger partial charge in [0.15, 0.2) is 0 Å². The van der Waals surface area contributed by atoms with Gasteiger partial charge in [-0.15, -0.1) is 11.3 Å². The topological polar surface area (TPSA) is 37.4 Å². The van der Waals surface area contributed by atoms with Crippen molar-refractivity contribution >= 4 is 11.3 Å². The molecular weight excluding hydrogens is 294 g/mol. The van der Waals surface area contributed by atoms with Crippen molar-refractivity contribution in [1.29, 1.82) is 0 Å². The molecule has 1 unspecified atom stereocenters. The first kappa shape index (κ1) is 15.5. The Hall–Kier alpha value is -1.43. The summed E-state index contributed by atoms with van der Waals surface area (Å²) in [7, 11) is 3.74. The van der Waals surface area contributed by atoms with Gasteiger partial charge < -0.3 is 10.1 Å². The number of aromatic nitrogens is 1. The summed E-state index contributed by atoms with van der Waals surface area (Å²) in [6, 6.07) is 8.73. The van der Waals surface area contributed by atoms with E-state index in [1.54, 1.807) is 18.4 Å². The van der Waals surface area contributed by atoms with Gasteiger partial charge in [-0.25, -0.2) is 4.98 Å². The number of nitrogens with one attached hydrogen (secondary N) is 1. The Labute approximate surface area is 136 Å². The number of ether oxygens (including phenoxy) is 1. The number of likely N-dealkylation sites (tertiary alicyclic amines) is 1. The monoisotopic (exact) mass is 317 g/mol. The second-order valence-corrected chi connectivity index (χ2v) is 6.59. The van der Waals surface area contributed by atoms with E-state index in [1.165, 1.54) is 25.1 Å². The van der Waals surface area contributed by atoms with Crippen LogP contribution in [0.15, 0.2) is 29.6 Å². The number of methoxy groups -OCH3 is 1. The third-order valence-corrected chi connectivity index (χ3v) is 5.13. The SMILES string of the molecule is CNC1CCCN(Cc2csc(-c3ccc(OC)cc3)n2)C1. The van der Waals surface area contributed by atoms with Crippen molar-refractivity contribution in [3.05, 3.63) is 35.3 Å². The Kier molecular flexibility index (Phi) is 5.08. The minimum Gasteiger partial charge on any atom is -0.497 e. The highest BCUT2D eigenvalue weighted by Gasteiger charge is 2.19. The minimum absolute atomic E-state index is 0.619. The maximum absolute atomic E-state index is 5.20. The highest BCUT2D eigenvalue weighted by Crippen LogP contribution is 2.26. The van der Waals surface area contributed by atoms with Crippen molar-refractivity contribution in [2.45, 2.75) is 25.4 Å². The number of hydrogen-bond donors (Lipinski definition) is 1. The van der Waals surface area contributed by atoms with Crippen LogP contribution in [0.1, 0.15) is 18.5 Å². The summed E-state index contributed by atoms with van der Waals surface area (Å²) in [4.78, 5) is 7.29. The fourth-order valence-corrected chi connectivity index (χ4v) is 3.73. The lowest BCUT2D eigenvalue weighted by Crippen LogP contribution is -2.43. The van der Waals surface area contributed by atoms with Gasteiger partial charge in [0, 0.05) is 30.1 Å². The molecule has 2 aromatic rings. The number of nitrogens with zero attached hydrogens (tertiary/aromatic N) is 2. The summed E-state index contributed by atoms with van der Waals surface area (Å²) in [5, 5.41) is 6.66. The van der Waals surface area contributed by atoms with Gasteiger partial charge in [0.2, 0.25) is 0 Å². The van der Waals surface area contributed by atoms with E-state index in [-0.39, 0.29) is 0 Å². The normalized spacial score (nSPS) is 19.3. The summed E-state index contributed by atoms with van der Waals surface area (Å²) in [5.74, 6) is 0.881. The van der Waals surface area contributed by atoms with E-state index >= 15 is 0 Å². The molecule has 0 spiro atoms. The van der Waals surface area contributed by atoms with Crippen molar-refractivity contribution in [3.8, 4) is 16.3 Å². The number of rotatable bonds is 5. The minimum atomic E-state index is 0.619. The molecule has 1 saturated heterocycles. The summed E-state index contributed by atoms with van der Waals surface area (Å²) in [6.07, 6.45) is 2.54. The number of benzene rings is 1. The second kappa shape index (κ2) is 7.22. The zero-order chi connectivity index (χ0) is 15.4. The molecular formula is C17H23N3OS. The number of piperidine rings is 1. The third kappa shape index (κ3) is 3.66. The van der Waals surface area contributed by atoms with Gasteiger partial charge in [0.25, 0.3) is 0 Å². The van der Waals surface area contributed by atoms with E-state index in [2.05, 4.69) is 34.8 Å². The van der Waals surface area contributed by atoms with Crippen molar-refractivity contribution in [2.75, 3.05) is 27.2 Å². The lowest BCUT2D eigenvalue weighted by molar-refractivity contribution is 0.186. The van der Waals surface area contributed by atoms with Crippen LogP contribution in [0.3, 0.4) is 0 Å². The molecule has 0 saturated carbocycles. The van der Waals surface area contributed by atoms with Crippen LogP contribution >= 0.6 is 11.3 Å². The molecule has 1 fully saturated rings. The van der Waals surface area contributed by atoms with Crippen molar-refractivity contribution in [2.24, 2.45) is 0 Å². The smallest absolute Gasteiger partial charge is 0.123 e. The van der Waals surface area contributed by atoms with Crippen LogP contribution in [0.4, 0.5) is 0 Å². The lowest BCUT2D eigenvalue weighted by Gasteiger charge is -2.31. The third-order valence-electron chi connectivity index (χ3n) is 4.19. The van der Waals surface area contributed by atoms with E-state index in [0.717, 1.165) is 29.4 Å². The van der Waals surface area contributed by atoms with Crippen LogP contribution in [0, 0.1) is 0 Å². The molecule has 1 aliphatic heterocycles. The molecule has 3 rings (SSSR count). The summed E-state index contributed by atoms with van der Waals surface area (Å²) in [5.41, 5.74) is 2.33. The van der Waals surface area contributed by atoms with Crippen LogP contribution in [0.5, 0.6) is 5.75 Å². The maximum Gasteiger partial charge on any atom is 0.123 e. The van der Waals surface area contributed by atoms with Gasteiger partial charge in [-0.2, -0.15) is 0 Å². The Morgan fingerprint density at radius 3 is 2.91 bits per heavy atom. The van der Waals surface area contributed by atoms with Crippen LogP contribution in [0.25, 0.3) is 10.6 Å². The fourth-order valence-electron chi connectivity index (χ4n) is 2.91. The Balaban J connectivity index is 1.65. The molecule has 1 aliphatic rings. The molecule has 0 bridgehead atoms. The van der Waals surface area contributed by atoms with Crippen LogP contribution < -0.4 is 10.1 Å². The summed E-state index contributed by atoms with van der Waals surface area (Å²) in [6.45, 7) is 3.24.